The zero-order valence-corrected chi connectivity index (χ0v) is 18.1. The van der Waals surface area contributed by atoms with Crippen molar-refractivity contribution in [1.82, 2.24) is 0 Å². The number of aliphatic carboxylic acids is 1. The van der Waals surface area contributed by atoms with Gasteiger partial charge in [0.15, 0.2) is 6.61 Å². The molecule has 29 heavy (non-hydrogen) atoms. The molecule has 0 atom stereocenters. The third kappa shape index (κ3) is 8.13. The summed E-state index contributed by atoms with van der Waals surface area (Å²) >= 11 is 0. The number of carboxylic acids is 1. The second-order valence-electron chi connectivity index (χ2n) is 7.78. The zero-order valence-electron chi connectivity index (χ0n) is 18.1. The van der Waals surface area contributed by atoms with Crippen LogP contribution in [0.2, 0.25) is 0 Å². The Bertz CT molecular complexity index is 721. The summed E-state index contributed by atoms with van der Waals surface area (Å²) in [6.45, 7) is 9.73. The maximum Gasteiger partial charge on any atom is 0.344 e. The number of carbonyl (C=O) groups is 3. The van der Waals surface area contributed by atoms with Gasteiger partial charge < -0.3 is 19.9 Å². The van der Waals surface area contributed by atoms with E-state index in [4.69, 9.17) is 14.6 Å². The minimum Gasteiger partial charge on any atom is -0.481 e. The number of carbonyl (C=O) groups excluding carboxylic acids is 2. The van der Waals surface area contributed by atoms with Crippen molar-refractivity contribution in [3.63, 3.8) is 0 Å². The lowest BCUT2D eigenvalue weighted by Crippen LogP contribution is -2.23. The highest BCUT2D eigenvalue weighted by Crippen LogP contribution is 2.34. The first kappa shape index (κ1) is 24.5. The normalized spacial score (nSPS) is 11.1. The van der Waals surface area contributed by atoms with Crippen LogP contribution in [0.5, 0.6) is 5.75 Å². The molecule has 0 heterocycles. The number of anilines is 1. The second-order valence-corrected chi connectivity index (χ2v) is 7.78. The van der Waals surface area contributed by atoms with E-state index in [2.05, 4.69) is 5.32 Å². The molecule has 7 heteroatoms. The number of carboxylic acid groups (broad SMARTS) is 1. The average molecular weight is 408 g/mol. The lowest BCUT2D eigenvalue weighted by molar-refractivity contribution is -0.145. The van der Waals surface area contributed by atoms with E-state index in [1.54, 1.807) is 6.92 Å². The van der Waals surface area contributed by atoms with Crippen molar-refractivity contribution in [3.05, 3.63) is 23.3 Å². The molecule has 0 aromatic heterocycles. The third-order valence-electron chi connectivity index (χ3n) is 4.44. The molecule has 7 nitrogen and oxygen atoms in total. The molecule has 0 bridgehead atoms. The molecule has 2 N–H and O–H groups in total. The zero-order chi connectivity index (χ0) is 22.0. The van der Waals surface area contributed by atoms with Crippen molar-refractivity contribution in [2.75, 3.05) is 25.1 Å². The number of nitrogens with one attached hydrogen (secondary N) is 1. The van der Waals surface area contributed by atoms with Crippen LogP contribution in [-0.4, -0.2) is 42.6 Å². The Balaban J connectivity index is 3.12. The van der Waals surface area contributed by atoms with Crippen LogP contribution in [0.4, 0.5) is 5.69 Å². The van der Waals surface area contributed by atoms with E-state index in [1.165, 1.54) is 0 Å². The van der Waals surface area contributed by atoms with E-state index in [0.29, 0.717) is 37.2 Å². The predicted octanol–water partition coefficient (Wildman–Crippen LogP) is 3.63. The summed E-state index contributed by atoms with van der Waals surface area (Å²) in [4.78, 5) is 35.0. The lowest BCUT2D eigenvalue weighted by atomic mass is 9.89. The van der Waals surface area contributed by atoms with Crippen molar-refractivity contribution in [2.24, 2.45) is 5.41 Å². The number of hydrogen-bond acceptors (Lipinski definition) is 6. The molecule has 1 aromatic rings. The SMILES string of the molecule is CCOC(=O)COc1c(CC)ccc(CCC(=O)O)c1NCCC(=O)C(C)(C)C. The van der Waals surface area contributed by atoms with E-state index in [1.807, 2.05) is 39.8 Å². The second kappa shape index (κ2) is 11.4. The number of aryl methyl sites for hydroxylation is 2. The standard InChI is InChI=1S/C22H33NO6/c1-6-15-8-9-16(10-11-18(25)26)20(21(15)29-14-19(27)28-7-2)23-13-12-17(24)22(3,4)5/h8-9,23H,6-7,10-14H2,1-5H3,(H,25,26). The molecule has 162 valence electrons. The smallest absolute Gasteiger partial charge is 0.344 e. The topological polar surface area (TPSA) is 102 Å². The lowest BCUT2D eigenvalue weighted by Gasteiger charge is -2.21. The molecule has 1 aromatic carbocycles. The molecule has 0 fully saturated rings. The molecule has 0 aliphatic rings. The number of ether oxygens (including phenoxy) is 2. The first-order chi connectivity index (χ1) is 13.6. The van der Waals surface area contributed by atoms with Crippen LogP contribution in [0.25, 0.3) is 0 Å². The fraction of sp³-hybridized carbons (Fsp3) is 0.591. The van der Waals surface area contributed by atoms with Gasteiger partial charge in [-0.25, -0.2) is 4.79 Å². The van der Waals surface area contributed by atoms with E-state index in [9.17, 15) is 14.4 Å². The minimum absolute atomic E-state index is 0.0294. The van der Waals surface area contributed by atoms with E-state index in [0.717, 1.165) is 11.1 Å². The molecule has 0 radical (unpaired) electrons. The number of hydrogen-bond donors (Lipinski definition) is 2. The van der Waals surface area contributed by atoms with Crippen LogP contribution in [0.3, 0.4) is 0 Å². The number of esters is 1. The maximum atomic E-state index is 12.2. The summed E-state index contributed by atoms with van der Waals surface area (Å²) in [5.74, 6) is -0.740. The van der Waals surface area contributed by atoms with Gasteiger partial charge >= 0.3 is 11.9 Å². The number of ketones is 1. The molecule has 0 saturated carbocycles. The van der Waals surface area contributed by atoms with E-state index < -0.39 is 17.4 Å². The highest BCUT2D eigenvalue weighted by molar-refractivity contribution is 5.84. The first-order valence-corrected chi connectivity index (χ1v) is 10.0. The molecule has 0 amide bonds. The largest absolute Gasteiger partial charge is 0.481 e. The Hall–Kier alpha value is -2.57. The maximum absolute atomic E-state index is 12.2. The summed E-state index contributed by atoms with van der Waals surface area (Å²) < 4.78 is 10.7. The highest BCUT2D eigenvalue weighted by atomic mass is 16.6. The molecule has 0 aliphatic heterocycles. The number of rotatable bonds is 12. The minimum atomic E-state index is -0.896. The molecule has 0 unspecified atom stereocenters. The average Bonchev–Trinajstić information content (AvgIpc) is 2.64. The first-order valence-electron chi connectivity index (χ1n) is 10.0. The Morgan fingerprint density at radius 2 is 1.72 bits per heavy atom. The third-order valence-corrected chi connectivity index (χ3v) is 4.44. The fourth-order valence-electron chi connectivity index (χ4n) is 2.76. The quantitative estimate of drug-likeness (QED) is 0.510. The summed E-state index contributed by atoms with van der Waals surface area (Å²) in [6.07, 6.45) is 1.28. The van der Waals surface area contributed by atoms with Gasteiger partial charge in [0.25, 0.3) is 0 Å². The van der Waals surface area contributed by atoms with Crippen molar-refractivity contribution in [3.8, 4) is 5.75 Å². The molecule has 0 saturated heterocycles. The van der Waals surface area contributed by atoms with Gasteiger partial charge in [-0.2, -0.15) is 0 Å². The van der Waals surface area contributed by atoms with Crippen molar-refractivity contribution in [1.29, 1.82) is 0 Å². The van der Waals surface area contributed by atoms with Crippen molar-refractivity contribution < 1.29 is 29.0 Å². The van der Waals surface area contributed by atoms with Crippen LogP contribution >= 0.6 is 0 Å². The number of Topliss-reactive ketones (excluding diaryl/α,β-unsaturated/α-hetero) is 1. The van der Waals surface area contributed by atoms with Gasteiger partial charge in [0.2, 0.25) is 0 Å². The highest BCUT2D eigenvalue weighted by Gasteiger charge is 2.21. The Morgan fingerprint density at radius 1 is 1.07 bits per heavy atom. The Labute approximate surface area is 172 Å². The molecule has 1 rings (SSSR count). The molecular formula is C22H33NO6. The van der Waals surface area contributed by atoms with Crippen LogP contribution in [-0.2, 0) is 32.0 Å². The molecular weight excluding hydrogens is 374 g/mol. The van der Waals surface area contributed by atoms with Gasteiger partial charge in [0.05, 0.1) is 12.3 Å². The van der Waals surface area contributed by atoms with Crippen LogP contribution < -0.4 is 10.1 Å². The van der Waals surface area contributed by atoms with Gasteiger partial charge in [-0.05, 0) is 30.9 Å². The summed E-state index contributed by atoms with van der Waals surface area (Å²) in [7, 11) is 0. The summed E-state index contributed by atoms with van der Waals surface area (Å²) in [5, 5.41) is 12.3. The summed E-state index contributed by atoms with van der Waals surface area (Å²) in [5.41, 5.74) is 1.86. The number of benzene rings is 1. The van der Waals surface area contributed by atoms with Crippen molar-refractivity contribution in [2.45, 2.75) is 60.3 Å². The summed E-state index contributed by atoms with van der Waals surface area (Å²) in [6, 6.07) is 3.75. The fourth-order valence-corrected chi connectivity index (χ4v) is 2.76. The predicted molar refractivity (Wildman–Crippen MR) is 111 cm³/mol. The van der Waals surface area contributed by atoms with Crippen LogP contribution in [0.15, 0.2) is 12.1 Å². The Morgan fingerprint density at radius 3 is 2.28 bits per heavy atom. The van der Waals surface area contributed by atoms with Gasteiger partial charge in [-0.3, -0.25) is 9.59 Å². The van der Waals surface area contributed by atoms with Crippen LogP contribution in [0, 0.1) is 5.41 Å². The van der Waals surface area contributed by atoms with Gasteiger partial charge in [-0.1, -0.05) is 39.8 Å². The van der Waals surface area contributed by atoms with Gasteiger partial charge in [-0.15, -0.1) is 0 Å². The van der Waals surface area contributed by atoms with E-state index >= 15 is 0 Å². The van der Waals surface area contributed by atoms with Gasteiger partial charge in [0, 0.05) is 24.8 Å². The van der Waals surface area contributed by atoms with Gasteiger partial charge in [0.1, 0.15) is 11.5 Å². The van der Waals surface area contributed by atoms with Crippen LogP contribution in [0.1, 0.15) is 58.6 Å². The molecule has 0 spiro atoms. The van der Waals surface area contributed by atoms with Crippen molar-refractivity contribution >= 4 is 23.4 Å². The van der Waals surface area contributed by atoms with E-state index in [-0.39, 0.29) is 25.4 Å². The molecule has 0 aliphatic carbocycles. The monoisotopic (exact) mass is 407 g/mol. The Kier molecular flexibility index (Phi) is 9.65.